The van der Waals surface area contributed by atoms with Crippen LogP contribution in [0.4, 0.5) is 5.69 Å². The molecule has 1 heterocycles. The first-order valence-electron chi connectivity index (χ1n) is 7.79. The number of piperazine rings is 1. The summed E-state index contributed by atoms with van der Waals surface area (Å²) in [6, 6.07) is 7.31. The summed E-state index contributed by atoms with van der Waals surface area (Å²) in [6.07, 6.45) is 0. The molecule has 1 aliphatic heterocycles. The van der Waals surface area contributed by atoms with Crippen LogP contribution in [0.5, 0.6) is 0 Å². The first-order valence-corrected chi connectivity index (χ1v) is 7.79. The summed E-state index contributed by atoms with van der Waals surface area (Å²) in [7, 11) is 9.33. The van der Waals surface area contributed by atoms with Gasteiger partial charge in [-0.05, 0) is 25.2 Å². The van der Waals surface area contributed by atoms with E-state index < -0.39 is 0 Å². The highest BCUT2D eigenvalue weighted by Gasteiger charge is 2.33. The van der Waals surface area contributed by atoms with Crippen molar-refractivity contribution < 1.29 is 9.59 Å². The Bertz CT molecular complexity index is 586. The standard InChI is InChI=1S/C17H26N4O2/c1-18(2)14-8-6-7-13(11-14)16(22)21-10-9-20(5)15(12-21)17(23)19(3)4/h6-8,11,15H,9-10,12H2,1-5H3/t15-/m1/s1. The molecule has 0 radical (unpaired) electrons. The van der Waals surface area contributed by atoms with Gasteiger partial charge in [0.25, 0.3) is 5.91 Å². The van der Waals surface area contributed by atoms with Gasteiger partial charge in [0.15, 0.2) is 0 Å². The van der Waals surface area contributed by atoms with Gasteiger partial charge in [0.05, 0.1) is 0 Å². The van der Waals surface area contributed by atoms with E-state index in [9.17, 15) is 9.59 Å². The van der Waals surface area contributed by atoms with Gasteiger partial charge in [-0.1, -0.05) is 6.07 Å². The van der Waals surface area contributed by atoms with Crippen molar-refractivity contribution in [3.63, 3.8) is 0 Å². The molecule has 2 amide bonds. The summed E-state index contributed by atoms with van der Waals surface area (Å²) in [5, 5.41) is 0. The van der Waals surface area contributed by atoms with Crippen molar-refractivity contribution in [3.05, 3.63) is 29.8 Å². The monoisotopic (exact) mass is 318 g/mol. The van der Waals surface area contributed by atoms with E-state index in [-0.39, 0.29) is 17.9 Å². The molecular formula is C17H26N4O2. The van der Waals surface area contributed by atoms with E-state index in [1.807, 2.05) is 55.2 Å². The van der Waals surface area contributed by atoms with Gasteiger partial charge in [0.2, 0.25) is 5.91 Å². The molecule has 0 aromatic heterocycles. The van der Waals surface area contributed by atoms with Crippen LogP contribution in [0, 0.1) is 0 Å². The number of nitrogens with zero attached hydrogens (tertiary/aromatic N) is 4. The second kappa shape index (κ2) is 7.00. The molecule has 0 N–H and O–H groups in total. The predicted molar refractivity (Wildman–Crippen MR) is 91.8 cm³/mol. The van der Waals surface area contributed by atoms with Crippen LogP contribution < -0.4 is 4.90 Å². The number of hydrogen-bond acceptors (Lipinski definition) is 4. The normalized spacial score (nSPS) is 18.7. The molecule has 0 unspecified atom stereocenters. The van der Waals surface area contributed by atoms with Crippen LogP contribution in [0.2, 0.25) is 0 Å². The van der Waals surface area contributed by atoms with Gasteiger partial charge in [0.1, 0.15) is 6.04 Å². The number of carbonyl (C=O) groups excluding carboxylic acids is 2. The second-order valence-corrected chi connectivity index (χ2v) is 6.42. The molecule has 1 fully saturated rings. The van der Waals surface area contributed by atoms with Crippen molar-refractivity contribution >= 4 is 17.5 Å². The fourth-order valence-electron chi connectivity index (χ4n) is 2.72. The molecule has 1 atom stereocenters. The lowest BCUT2D eigenvalue weighted by molar-refractivity contribution is -0.135. The molecular weight excluding hydrogens is 292 g/mol. The van der Waals surface area contributed by atoms with Gasteiger partial charge < -0.3 is 14.7 Å². The summed E-state index contributed by atoms with van der Waals surface area (Å²) in [5.41, 5.74) is 1.66. The highest BCUT2D eigenvalue weighted by Crippen LogP contribution is 2.17. The van der Waals surface area contributed by atoms with Crippen molar-refractivity contribution in [2.24, 2.45) is 0 Å². The molecule has 0 spiro atoms. The van der Waals surface area contributed by atoms with Gasteiger partial charge in [-0.25, -0.2) is 0 Å². The molecule has 1 saturated heterocycles. The van der Waals surface area contributed by atoms with Crippen LogP contribution in [0.1, 0.15) is 10.4 Å². The molecule has 0 aliphatic carbocycles. The molecule has 1 aromatic carbocycles. The molecule has 23 heavy (non-hydrogen) atoms. The van der Waals surface area contributed by atoms with E-state index in [1.165, 1.54) is 0 Å². The van der Waals surface area contributed by atoms with Crippen LogP contribution in [-0.2, 0) is 4.79 Å². The molecule has 126 valence electrons. The van der Waals surface area contributed by atoms with Crippen molar-refractivity contribution in [2.75, 3.05) is 59.8 Å². The SMILES string of the molecule is CN(C)C(=O)[C@H]1CN(C(=O)c2cccc(N(C)C)c2)CCN1C. The van der Waals surface area contributed by atoms with E-state index in [4.69, 9.17) is 0 Å². The molecule has 0 bridgehead atoms. The van der Waals surface area contributed by atoms with Crippen molar-refractivity contribution in [3.8, 4) is 0 Å². The molecule has 0 saturated carbocycles. The first kappa shape index (κ1) is 17.3. The summed E-state index contributed by atoms with van der Waals surface area (Å²) < 4.78 is 0. The van der Waals surface area contributed by atoms with Crippen LogP contribution in [0.15, 0.2) is 24.3 Å². The Morgan fingerprint density at radius 1 is 1.13 bits per heavy atom. The van der Waals surface area contributed by atoms with Crippen molar-refractivity contribution in [2.45, 2.75) is 6.04 Å². The summed E-state index contributed by atoms with van der Waals surface area (Å²) in [5.74, 6) is 0.0189. The smallest absolute Gasteiger partial charge is 0.254 e. The van der Waals surface area contributed by atoms with Crippen molar-refractivity contribution in [1.29, 1.82) is 0 Å². The van der Waals surface area contributed by atoms with Gasteiger partial charge in [-0.15, -0.1) is 0 Å². The lowest BCUT2D eigenvalue weighted by atomic mass is 10.1. The van der Waals surface area contributed by atoms with E-state index in [2.05, 4.69) is 0 Å². The Morgan fingerprint density at radius 3 is 2.43 bits per heavy atom. The average Bonchev–Trinajstić information content (AvgIpc) is 2.54. The van der Waals surface area contributed by atoms with Gasteiger partial charge >= 0.3 is 0 Å². The molecule has 6 nitrogen and oxygen atoms in total. The summed E-state index contributed by atoms with van der Waals surface area (Å²) in [6.45, 7) is 1.76. The van der Waals surface area contributed by atoms with E-state index in [1.54, 1.807) is 23.9 Å². The molecule has 1 aliphatic rings. The Hall–Kier alpha value is -2.08. The maximum Gasteiger partial charge on any atom is 0.254 e. The zero-order chi connectivity index (χ0) is 17.1. The largest absolute Gasteiger partial charge is 0.378 e. The van der Waals surface area contributed by atoms with Crippen LogP contribution >= 0.6 is 0 Å². The quantitative estimate of drug-likeness (QED) is 0.819. The Balaban J connectivity index is 2.16. The zero-order valence-corrected chi connectivity index (χ0v) is 14.6. The Labute approximate surface area is 138 Å². The maximum atomic E-state index is 12.8. The number of hydrogen-bond donors (Lipinski definition) is 0. The third kappa shape index (κ3) is 3.82. The fraction of sp³-hybridized carbons (Fsp3) is 0.529. The third-order valence-corrected chi connectivity index (χ3v) is 4.27. The molecule has 1 aromatic rings. The number of likely N-dealkylation sites (N-methyl/N-ethyl adjacent to an activating group) is 2. The lowest BCUT2D eigenvalue weighted by Crippen LogP contribution is -2.58. The molecule has 2 rings (SSSR count). The number of rotatable bonds is 3. The predicted octanol–water partition coefficient (Wildman–Crippen LogP) is 0.597. The Morgan fingerprint density at radius 2 is 1.83 bits per heavy atom. The number of amides is 2. The first-order chi connectivity index (χ1) is 10.8. The highest BCUT2D eigenvalue weighted by atomic mass is 16.2. The zero-order valence-electron chi connectivity index (χ0n) is 14.6. The van der Waals surface area contributed by atoms with E-state index in [0.29, 0.717) is 25.2 Å². The highest BCUT2D eigenvalue weighted by molar-refractivity contribution is 5.96. The minimum atomic E-state index is -0.278. The fourth-order valence-corrected chi connectivity index (χ4v) is 2.72. The topological polar surface area (TPSA) is 47.1 Å². The number of anilines is 1. The Kier molecular flexibility index (Phi) is 5.26. The van der Waals surface area contributed by atoms with Crippen molar-refractivity contribution in [1.82, 2.24) is 14.7 Å². The van der Waals surface area contributed by atoms with E-state index in [0.717, 1.165) is 5.69 Å². The average molecular weight is 318 g/mol. The van der Waals surface area contributed by atoms with Gasteiger partial charge in [0, 0.05) is 59.1 Å². The van der Waals surface area contributed by atoms with Gasteiger partial charge in [-0.3, -0.25) is 14.5 Å². The number of carbonyl (C=O) groups is 2. The minimum absolute atomic E-state index is 0.0154. The maximum absolute atomic E-state index is 12.8. The second-order valence-electron chi connectivity index (χ2n) is 6.42. The minimum Gasteiger partial charge on any atom is -0.378 e. The van der Waals surface area contributed by atoms with E-state index >= 15 is 0 Å². The lowest BCUT2D eigenvalue weighted by Gasteiger charge is -2.39. The van der Waals surface area contributed by atoms with Crippen LogP contribution in [-0.4, -0.2) is 87.4 Å². The van der Waals surface area contributed by atoms with Gasteiger partial charge in [-0.2, -0.15) is 0 Å². The molecule has 6 heteroatoms. The summed E-state index contributed by atoms with van der Waals surface area (Å²) in [4.78, 5) is 32.4. The summed E-state index contributed by atoms with van der Waals surface area (Å²) >= 11 is 0. The third-order valence-electron chi connectivity index (χ3n) is 4.27. The number of benzene rings is 1. The van der Waals surface area contributed by atoms with Crippen LogP contribution in [0.25, 0.3) is 0 Å². The van der Waals surface area contributed by atoms with Crippen LogP contribution in [0.3, 0.4) is 0 Å².